The van der Waals surface area contributed by atoms with Gasteiger partial charge in [-0.3, -0.25) is 4.90 Å². The van der Waals surface area contributed by atoms with Gasteiger partial charge in [-0.2, -0.15) is 13.2 Å². The monoisotopic (exact) mass is 391 g/mol. The molecule has 0 radical (unpaired) electrons. The van der Waals surface area contributed by atoms with E-state index in [1.54, 1.807) is 0 Å². The lowest BCUT2D eigenvalue weighted by molar-refractivity contribution is -0.137. The molecule has 0 N–H and O–H groups in total. The Morgan fingerprint density at radius 2 is 1.77 bits per heavy atom. The fourth-order valence-corrected chi connectivity index (χ4v) is 6.35. The summed E-state index contributed by atoms with van der Waals surface area (Å²) in [6.45, 7) is 5.85. The van der Waals surface area contributed by atoms with Crippen LogP contribution in [0.3, 0.4) is 0 Å². The number of rotatable bonds is 4. The maximum atomic E-state index is 12.8. The molecule has 1 aromatic carbocycles. The number of nitrogens with zero attached hydrogens (tertiary/aromatic N) is 1. The van der Waals surface area contributed by atoms with Gasteiger partial charge in [0.25, 0.3) is 0 Å². The lowest BCUT2D eigenvalue weighted by Gasteiger charge is -2.48. The number of halogens is 3. The lowest BCUT2D eigenvalue weighted by Crippen LogP contribution is -2.56. The van der Waals surface area contributed by atoms with Crippen molar-refractivity contribution in [3.8, 4) is 5.75 Å². The van der Waals surface area contributed by atoms with E-state index in [9.17, 15) is 21.6 Å². The first-order valence-electron chi connectivity index (χ1n) is 8.67. The quantitative estimate of drug-likeness (QED) is 0.790. The van der Waals surface area contributed by atoms with E-state index in [-0.39, 0.29) is 22.7 Å². The number of alkyl halides is 3. The predicted molar refractivity (Wildman–Crippen MR) is 92.9 cm³/mol. The van der Waals surface area contributed by atoms with Gasteiger partial charge < -0.3 is 4.74 Å². The molecular weight excluding hydrogens is 367 g/mol. The van der Waals surface area contributed by atoms with Crippen LogP contribution in [-0.4, -0.2) is 50.1 Å². The Hall–Kier alpha value is -1.28. The number of ether oxygens (including phenoxy) is 1. The Balaban J connectivity index is 1.57. The Labute approximate surface area is 152 Å². The third-order valence-corrected chi connectivity index (χ3v) is 7.23. The van der Waals surface area contributed by atoms with E-state index in [1.807, 2.05) is 13.8 Å². The molecule has 0 unspecified atom stereocenters. The van der Waals surface area contributed by atoms with Gasteiger partial charge in [-0.25, -0.2) is 8.42 Å². The molecule has 0 aliphatic carbocycles. The molecule has 0 saturated carbocycles. The Morgan fingerprint density at radius 3 is 2.31 bits per heavy atom. The van der Waals surface area contributed by atoms with Crippen LogP contribution in [0.25, 0.3) is 0 Å². The van der Waals surface area contributed by atoms with Gasteiger partial charge >= 0.3 is 6.18 Å². The maximum Gasteiger partial charge on any atom is 0.416 e. The van der Waals surface area contributed by atoms with Gasteiger partial charge in [0.15, 0.2) is 9.84 Å². The summed E-state index contributed by atoms with van der Waals surface area (Å²) in [6, 6.07) is 4.92. The van der Waals surface area contributed by atoms with Crippen LogP contribution >= 0.6 is 0 Å². The Bertz CT molecular complexity index is 752. The first kappa shape index (κ1) is 19.5. The fourth-order valence-electron chi connectivity index (χ4n) is 3.99. The van der Waals surface area contributed by atoms with E-state index in [4.69, 9.17) is 4.74 Å². The molecule has 146 valence electrons. The number of benzene rings is 1. The summed E-state index contributed by atoms with van der Waals surface area (Å²) in [5, 5.41) is 0. The lowest BCUT2D eigenvalue weighted by atomic mass is 9.81. The first-order chi connectivity index (χ1) is 11.9. The van der Waals surface area contributed by atoms with E-state index < -0.39 is 27.2 Å². The van der Waals surface area contributed by atoms with Crippen molar-refractivity contribution in [3.05, 3.63) is 29.8 Å². The fraction of sp³-hybridized carbons (Fsp3) is 0.667. The molecule has 8 heteroatoms. The van der Waals surface area contributed by atoms with E-state index >= 15 is 0 Å². The summed E-state index contributed by atoms with van der Waals surface area (Å²) in [5.41, 5.74) is -1.43. The average Bonchev–Trinajstić information content (AvgIpc) is 2.46. The number of hydrogen-bond acceptors (Lipinski definition) is 4. The van der Waals surface area contributed by atoms with Crippen molar-refractivity contribution in [2.24, 2.45) is 5.41 Å². The summed E-state index contributed by atoms with van der Waals surface area (Å²) >= 11 is 0. The van der Waals surface area contributed by atoms with Crippen molar-refractivity contribution >= 4 is 9.84 Å². The minimum Gasteiger partial charge on any atom is -0.487 e. The molecule has 0 bridgehead atoms. The summed E-state index contributed by atoms with van der Waals surface area (Å²) in [5.74, 6) is 0.777. The van der Waals surface area contributed by atoms with Crippen molar-refractivity contribution in [2.45, 2.75) is 38.5 Å². The van der Waals surface area contributed by atoms with Crippen LogP contribution in [-0.2, 0) is 16.0 Å². The van der Waals surface area contributed by atoms with E-state index in [2.05, 4.69) is 4.90 Å². The van der Waals surface area contributed by atoms with Crippen molar-refractivity contribution in [1.82, 2.24) is 4.90 Å². The van der Waals surface area contributed by atoms with Crippen LogP contribution in [0.5, 0.6) is 5.75 Å². The highest BCUT2D eigenvalue weighted by molar-refractivity contribution is 7.92. The van der Waals surface area contributed by atoms with Crippen LogP contribution in [0.2, 0.25) is 0 Å². The van der Waals surface area contributed by atoms with Gasteiger partial charge in [-0.1, -0.05) is 6.07 Å². The largest absolute Gasteiger partial charge is 0.487 e. The molecule has 2 aliphatic rings. The average molecular weight is 391 g/mol. The van der Waals surface area contributed by atoms with E-state index in [0.29, 0.717) is 6.54 Å². The van der Waals surface area contributed by atoms with Crippen LogP contribution in [0.1, 0.15) is 32.3 Å². The third kappa shape index (κ3) is 4.52. The molecule has 1 aromatic rings. The summed E-state index contributed by atoms with van der Waals surface area (Å²) in [6.07, 6.45) is -2.72. The standard InChI is InChI=1S/C18H24F3NO3S/c1-16(2,25-15-5-3-4-14(10-15)18(19,20)21)11-22-8-6-17(7-9-22)12-26(23,24)13-17/h3-5,10H,6-9,11-13H2,1-2H3. The van der Waals surface area contributed by atoms with Gasteiger partial charge in [0.2, 0.25) is 0 Å². The highest BCUT2D eigenvalue weighted by Gasteiger charge is 2.49. The second-order valence-electron chi connectivity index (χ2n) is 8.20. The number of piperidine rings is 1. The van der Waals surface area contributed by atoms with Crippen molar-refractivity contribution in [1.29, 1.82) is 0 Å². The zero-order chi connectivity index (χ0) is 19.2. The molecule has 3 rings (SSSR count). The maximum absolute atomic E-state index is 12.8. The van der Waals surface area contributed by atoms with Crippen molar-refractivity contribution in [2.75, 3.05) is 31.1 Å². The number of sulfone groups is 1. The van der Waals surface area contributed by atoms with Crippen LogP contribution in [0, 0.1) is 5.41 Å². The SMILES string of the molecule is CC(C)(CN1CCC2(CC1)CS(=O)(=O)C2)Oc1cccc(C(F)(F)F)c1. The molecule has 0 aromatic heterocycles. The second kappa shape index (κ2) is 6.41. The molecule has 4 nitrogen and oxygen atoms in total. The normalized spacial score (nSPS) is 22.8. The predicted octanol–water partition coefficient (Wildman–Crippen LogP) is 3.37. The highest BCUT2D eigenvalue weighted by atomic mass is 32.2. The van der Waals surface area contributed by atoms with Crippen LogP contribution in [0.15, 0.2) is 24.3 Å². The van der Waals surface area contributed by atoms with Gasteiger partial charge in [0.05, 0.1) is 17.1 Å². The topological polar surface area (TPSA) is 46.6 Å². The van der Waals surface area contributed by atoms with Gasteiger partial charge in [-0.15, -0.1) is 0 Å². The molecule has 0 atom stereocenters. The third-order valence-electron chi connectivity index (χ3n) is 5.13. The van der Waals surface area contributed by atoms with E-state index in [0.717, 1.165) is 38.1 Å². The Kier molecular flexibility index (Phi) is 4.80. The molecule has 0 amide bonds. The second-order valence-corrected chi connectivity index (χ2v) is 10.3. The summed E-state index contributed by atoms with van der Waals surface area (Å²) in [7, 11) is -2.83. The molecule has 2 heterocycles. The minimum absolute atomic E-state index is 0.0542. The van der Waals surface area contributed by atoms with Crippen LogP contribution in [0.4, 0.5) is 13.2 Å². The van der Waals surface area contributed by atoms with Gasteiger partial charge in [0, 0.05) is 12.0 Å². The summed E-state index contributed by atoms with van der Waals surface area (Å²) in [4.78, 5) is 2.20. The molecular formula is C18H24F3NO3S. The molecule has 26 heavy (non-hydrogen) atoms. The molecule has 2 fully saturated rings. The van der Waals surface area contributed by atoms with Crippen molar-refractivity contribution < 1.29 is 26.3 Å². The van der Waals surface area contributed by atoms with E-state index in [1.165, 1.54) is 12.1 Å². The Morgan fingerprint density at radius 1 is 1.15 bits per heavy atom. The number of hydrogen-bond donors (Lipinski definition) is 0. The first-order valence-corrected chi connectivity index (χ1v) is 10.5. The molecule has 1 spiro atoms. The molecule has 2 saturated heterocycles. The smallest absolute Gasteiger partial charge is 0.416 e. The molecule has 2 aliphatic heterocycles. The minimum atomic E-state index is -4.40. The van der Waals surface area contributed by atoms with Gasteiger partial charge in [0.1, 0.15) is 11.4 Å². The zero-order valence-corrected chi connectivity index (χ0v) is 15.8. The van der Waals surface area contributed by atoms with Crippen LogP contribution < -0.4 is 4.74 Å². The van der Waals surface area contributed by atoms with Gasteiger partial charge in [-0.05, 0) is 58.0 Å². The zero-order valence-electron chi connectivity index (χ0n) is 15.0. The number of likely N-dealkylation sites (tertiary alicyclic amines) is 1. The highest BCUT2D eigenvalue weighted by Crippen LogP contribution is 2.42. The summed E-state index contributed by atoms with van der Waals surface area (Å²) < 4.78 is 67.2. The van der Waals surface area contributed by atoms with Crippen molar-refractivity contribution in [3.63, 3.8) is 0 Å².